The molecule has 0 aliphatic rings. The Bertz CT molecular complexity index is 613. The largest absolute Gasteiger partial charge is 0.502 e. The molecule has 23 heavy (non-hydrogen) atoms. The van der Waals surface area contributed by atoms with E-state index in [-0.39, 0.29) is 30.9 Å². The van der Waals surface area contributed by atoms with Gasteiger partial charge in [0, 0.05) is 22.1 Å². The molecule has 1 aromatic carbocycles. The highest BCUT2D eigenvalue weighted by Gasteiger charge is 2.23. The molecule has 5 N–H and O–H groups in total. The Labute approximate surface area is 145 Å². The molecule has 0 fully saturated rings. The van der Waals surface area contributed by atoms with Crippen LogP contribution in [0.1, 0.15) is 12.0 Å². The van der Waals surface area contributed by atoms with Gasteiger partial charge in [0.25, 0.3) is 0 Å². The Hall–Kier alpha value is -1.91. The molecule has 0 radical (unpaired) electrons. The molecule has 1 unspecified atom stereocenters. The van der Waals surface area contributed by atoms with Crippen LogP contribution in [0, 0.1) is 10.1 Å². The van der Waals surface area contributed by atoms with E-state index in [1.807, 2.05) is 0 Å². The van der Waals surface area contributed by atoms with E-state index in [2.05, 4.69) is 21.2 Å². The van der Waals surface area contributed by atoms with E-state index in [1.54, 1.807) is 0 Å². The second-order valence-electron chi connectivity index (χ2n) is 4.46. The molecule has 0 spiro atoms. The van der Waals surface area contributed by atoms with Crippen molar-refractivity contribution >= 4 is 45.9 Å². The quantitative estimate of drug-likeness (QED) is 0.383. The summed E-state index contributed by atoms with van der Waals surface area (Å²) in [7, 11) is 0. The molecule has 0 saturated carbocycles. The lowest BCUT2D eigenvalue weighted by Gasteiger charge is -2.17. The molecule has 9 nitrogen and oxygen atoms in total. The lowest BCUT2D eigenvalue weighted by molar-refractivity contribution is -0.386. The maximum atomic E-state index is 11.3. The van der Waals surface area contributed by atoms with Crippen molar-refractivity contribution in [2.24, 2.45) is 5.73 Å². The van der Waals surface area contributed by atoms with Gasteiger partial charge in [-0.05, 0) is 12.5 Å². The average molecular weight is 413 g/mol. The zero-order valence-corrected chi connectivity index (χ0v) is 14.1. The minimum absolute atomic E-state index is 0. The van der Waals surface area contributed by atoms with Gasteiger partial charge in [-0.1, -0.05) is 15.9 Å². The van der Waals surface area contributed by atoms with Crippen molar-refractivity contribution in [3.63, 3.8) is 0 Å². The molecule has 0 bridgehead atoms. The van der Waals surface area contributed by atoms with Crippen molar-refractivity contribution in [2.45, 2.75) is 18.9 Å². The lowest BCUT2D eigenvalue weighted by Crippen LogP contribution is -2.41. The maximum absolute atomic E-state index is 11.3. The number of nitro benzene ring substituents is 1. The summed E-state index contributed by atoms with van der Waals surface area (Å²) in [5.41, 5.74) is 4.79. The number of nitrogens with zero attached hydrogens (tertiary/aromatic N) is 1. The highest BCUT2D eigenvalue weighted by Crippen LogP contribution is 2.34. The molecule has 128 valence electrons. The number of carbonyl (C=O) groups is 2. The fraction of sp³-hybridized carbons (Fsp3) is 0.333. The van der Waals surface area contributed by atoms with Crippen LogP contribution < -0.4 is 11.1 Å². The molecule has 0 aromatic heterocycles. The number of phenols is 1. The number of amides is 1. The van der Waals surface area contributed by atoms with Gasteiger partial charge in [0.05, 0.1) is 17.9 Å². The fourth-order valence-electron chi connectivity index (χ4n) is 1.87. The number of halogens is 2. The van der Waals surface area contributed by atoms with E-state index in [9.17, 15) is 24.8 Å². The van der Waals surface area contributed by atoms with Gasteiger partial charge in [0.1, 0.15) is 0 Å². The predicted molar refractivity (Wildman–Crippen MR) is 86.7 cm³/mol. The summed E-state index contributed by atoms with van der Waals surface area (Å²) in [6.45, 7) is -0.319. The number of nitrogens with one attached hydrogen (secondary N) is 1. The molecule has 1 amide bonds. The van der Waals surface area contributed by atoms with Crippen molar-refractivity contribution in [1.29, 1.82) is 0 Å². The molecular formula is C12H15BrClN3O6. The topological polar surface area (TPSA) is 156 Å². The van der Waals surface area contributed by atoms with Gasteiger partial charge in [-0.2, -0.15) is 0 Å². The normalized spacial score (nSPS) is 11.2. The van der Waals surface area contributed by atoms with Crippen LogP contribution in [0.3, 0.4) is 0 Å². The number of benzene rings is 1. The fourth-order valence-corrected chi connectivity index (χ4v) is 2.36. The Morgan fingerprint density at radius 2 is 2.04 bits per heavy atom. The van der Waals surface area contributed by atoms with Crippen LogP contribution in [0.2, 0.25) is 0 Å². The summed E-state index contributed by atoms with van der Waals surface area (Å²) in [5, 5.41) is 32.0. The van der Waals surface area contributed by atoms with Gasteiger partial charge in [0.15, 0.2) is 5.75 Å². The van der Waals surface area contributed by atoms with E-state index in [0.29, 0.717) is 4.47 Å². The van der Waals surface area contributed by atoms with Crippen LogP contribution in [0.5, 0.6) is 5.75 Å². The van der Waals surface area contributed by atoms with Gasteiger partial charge >= 0.3 is 11.7 Å². The van der Waals surface area contributed by atoms with Gasteiger partial charge < -0.3 is 21.3 Å². The van der Waals surface area contributed by atoms with E-state index in [4.69, 9.17) is 10.8 Å². The lowest BCUT2D eigenvalue weighted by atomic mass is 10.0. The molecule has 0 saturated heterocycles. The van der Waals surface area contributed by atoms with Gasteiger partial charge in [-0.3, -0.25) is 19.7 Å². The molecule has 0 aliphatic heterocycles. The zero-order chi connectivity index (χ0) is 16.9. The highest BCUT2D eigenvalue weighted by atomic mass is 79.9. The summed E-state index contributed by atoms with van der Waals surface area (Å²) in [5.74, 6) is -2.29. The highest BCUT2D eigenvalue weighted by molar-refractivity contribution is 9.10. The number of phenolic OH excluding ortho intramolecular Hbond substituents is 1. The Morgan fingerprint density at radius 3 is 2.52 bits per heavy atom. The first-order chi connectivity index (χ1) is 10.2. The SMILES string of the molecule is Cl.NCC(=O)NC(CC(=O)O)Cc1cc(Br)cc([N+](=O)[O-])c1O. The molecule has 1 aromatic rings. The van der Waals surface area contributed by atoms with Crippen LogP contribution in [0.25, 0.3) is 0 Å². The third-order valence-corrected chi connectivity index (χ3v) is 3.23. The van der Waals surface area contributed by atoms with E-state index in [1.165, 1.54) is 6.07 Å². The minimum Gasteiger partial charge on any atom is -0.502 e. The Morgan fingerprint density at radius 1 is 1.43 bits per heavy atom. The number of aliphatic carboxylic acids is 1. The maximum Gasteiger partial charge on any atom is 0.312 e. The summed E-state index contributed by atoms with van der Waals surface area (Å²) in [6, 6.07) is 1.70. The molecule has 0 heterocycles. The Kier molecular flexibility index (Phi) is 8.51. The predicted octanol–water partition coefficient (Wildman–Crippen LogP) is 0.945. The molecule has 11 heteroatoms. The van der Waals surface area contributed by atoms with Crippen molar-refractivity contribution in [1.82, 2.24) is 5.32 Å². The number of carboxylic acids is 1. The number of hydrogen-bond donors (Lipinski definition) is 4. The van der Waals surface area contributed by atoms with Crippen LogP contribution in [-0.4, -0.2) is 39.6 Å². The number of nitrogens with two attached hydrogens (primary N) is 1. The Balaban J connectivity index is 0.00000484. The number of hydrogen-bond acceptors (Lipinski definition) is 6. The van der Waals surface area contributed by atoms with Crippen LogP contribution in [0.15, 0.2) is 16.6 Å². The average Bonchev–Trinajstić information content (AvgIpc) is 2.41. The minimum atomic E-state index is -1.16. The van der Waals surface area contributed by atoms with E-state index < -0.39 is 40.7 Å². The van der Waals surface area contributed by atoms with Crippen molar-refractivity contribution in [2.75, 3.05) is 6.54 Å². The van der Waals surface area contributed by atoms with Crippen molar-refractivity contribution in [3.8, 4) is 5.75 Å². The number of carboxylic acid groups (broad SMARTS) is 1. The standard InChI is InChI=1S/C12H14BrN3O6.ClH/c13-7-1-6(12(20)9(3-7)16(21)22)2-8(4-11(18)19)15-10(17)5-14;/h1,3,8,20H,2,4-5,14H2,(H,15,17)(H,18,19);1H. The molecule has 1 rings (SSSR count). The second-order valence-corrected chi connectivity index (χ2v) is 5.38. The molecule has 0 aliphatic carbocycles. The van der Waals surface area contributed by atoms with Crippen molar-refractivity contribution < 1.29 is 24.7 Å². The van der Waals surface area contributed by atoms with Gasteiger partial charge in [0.2, 0.25) is 5.91 Å². The number of aromatic hydroxyl groups is 1. The first-order valence-corrected chi connectivity index (χ1v) is 6.90. The summed E-state index contributed by atoms with van der Waals surface area (Å²) in [4.78, 5) is 32.2. The van der Waals surface area contributed by atoms with E-state index >= 15 is 0 Å². The smallest absolute Gasteiger partial charge is 0.312 e. The van der Waals surface area contributed by atoms with Crippen LogP contribution in [-0.2, 0) is 16.0 Å². The van der Waals surface area contributed by atoms with Gasteiger partial charge in [-0.25, -0.2) is 0 Å². The summed E-state index contributed by atoms with van der Waals surface area (Å²) >= 11 is 3.08. The zero-order valence-electron chi connectivity index (χ0n) is 11.7. The number of rotatable bonds is 7. The summed E-state index contributed by atoms with van der Waals surface area (Å²) in [6.07, 6.45) is -0.504. The van der Waals surface area contributed by atoms with Crippen molar-refractivity contribution in [3.05, 3.63) is 32.3 Å². The summed E-state index contributed by atoms with van der Waals surface area (Å²) < 4.78 is 0.353. The van der Waals surface area contributed by atoms with Gasteiger partial charge in [-0.15, -0.1) is 12.4 Å². The molecular weight excluding hydrogens is 398 g/mol. The third kappa shape index (κ3) is 6.38. The first kappa shape index (κ1) is 21.1. The monoisotopic (exact) mass is 411 g/mol. The second kappa shape index (κ2) is 9.28. The molecule has 1 atom stereocenters. The number of carbonyl (C=O) groups excluding carboxylic acids is 1. The first-order valence-electron chi connectivity index (χ1n) is 6.11. The third-order valence-electron chi connectivity index (χ3n) is 2.77. The van der Waals surface area contributed by atoms with Crippen LogP contribution >= 0.6 is 28.3 Å². The van der Waals surface area contributed by atoms with Crippen LogP contribution in [0.4, 0.5) is 5.69 Å². The van der Waals surface area contributed by atoms with E-state index in [0.717, 1.165) is 6.07 Å². The number of nitro groups is 1.